The minimum absolute atomic E-state index is 0. The van der Waals surface area contributed by atoms with Crippen molar-refractivity contribution in [3.63, 3.8) is 0 Å². The molecule has 0 spiro atoms. The zero-order valence-electron chi connectivity index (χ0n) is 2.22. The standard InChI is InChI=1S/Ce.Cu.H3N.Zn/h;;1H3;. The van der Waals surface area contributed by atoms with Crippen LogP contribution in [0.3, 0.4) is 0 Å². The van der Waals surface area contributed by atoms with Crippen molar-refractivity contribution in [2.45, 2.75) is 0 Å². The van der Waals surface area contributed by atoms with Gasteiger partial charge in [0.2, 0.25) is 0 Å². The minimum Gasteiger partial charge on any atom is -0.344 e. The van der Waals surface area contributed by atoms with Crippen molar-refractivity contribution in [3.05, 3.63) is 0 Å². The topological polar surface area (TPSA) is 35.0 Å². The fourth-order valence-corrected chi connectivity index (χ4v) is 0. The van der Waals surface area contributed by atoms with E-state index in [9.17, 15) is 0 Å². The van der Waals surface area contributed by atoms with Crippen LogP contribution >= 0.6 is 0 Å². The van der Waals surface area contributed by atoms with Gasteiger partial charge in [0.25, 0.3) is 0 Å². The molecular weight excluding hydrogens is 283 g/mol. The van der Waals surface area contributed by atoms with Gasteiger partial charge in [-0.3, -0.25) is 0 Å². The van der Waals surface area contributed by atoms with Gasteiger partial charge >= 0.3 is 0 Å². The molecule has 0 unspecified atom stereocenters. The fourth-order valence-electron chi connectivity index (χ4n) is 0. The molecule has 1 radical (unpaired) electrons. The monoisotopic (exact) mass is 284 g/mol. The van der Waals surface area contributed by atoms with Crippen LogP contribution in [-0.4, -0.2) is 0 Å². The van der Waals surface area contributed by atoms with Crippen LogP contribution in [0.1, 0.15) is 0 Å². The Hall–Kier alpha value is 2.48. The second-order valence-electron chi connectivity index (χ2n) is 0. The van der Waals surface area contributed by atoms with Crippen molar-refractivity contribution < 1.29 is 78.3 Å². The summed E-state index contributed by atoms with van der Waals surface area (Å²) >= 11 is 0. The predicted molar refractivity (Wildman–Crippen MR) is 5.02 cm³/mol. The third kappa shape index (κ3) is 8.82. The van der Waals surface area contributed by atoms with Crippen LogP contribution in [0.25, 0.3) is 0 Å². The predicted octanol–water partition coefficient (Wildman–Crippen LogP) is 0.157. The summed E-state index contributed by atoms with van der Waals surface area (Å²) in [6.45, 7) is 0. The van der Waals surface area contributed by atoms with Gasteiger partial charge < -0.3 is 6.15 Å². The smallest absolute Gasteiger partial charge is 0 e. The van der Waals surface area contributed by atoms with E-state index in [1.54, 1.807) is 0 Å². The molecule has 0 heterocycles. The summed E-state index contributed by atoms with van der Waals surface area (Å²) in [5.74, 6) is 0. The summed E-state index contributed by atoms with van der Waals surface area (Å²) in [4.78, 5) is 0. The molecule has 0 atom stereocenters. The van der Waals surface area contributed by atoms with E-state index in [1.807, 2.05) is 0 Å². The zero-order chi connectivity index (χ0) is 0. The summed E-state index contributed by atoms with van der Waals surface area (Å²) in [5.41, 5.74) is 0. The molecule has 0 aromatic heterocycles. The first kappa shape index (κ1) is 31.6. The van der Waals surface area contributed by atoms with Crippen molar-refractivity contribution >= 4 is 0 Å². The molecule has 0 bridgehead atoms. The zero-order valence-corrected chi connectivity index (χ0v) is 9.26. The van der Waals surface area contributed by atoms with Crippen molar-refractivity contribution in [1.29, 1.82) is 0 Å². The molecule has 0 aliphatic carbocycles. The largest absolute Gasteiger partial charge is 0.344 e. The SMILES string of the molecule is N.[Ce].[Cu].[Zn]. The number of hydrogen-bond donors (Lipinski definition) is 1. The maximum atomic E-state index is 0. The Morgan fingerprint density at radius 3 is 1.00 bits per heavy atom. The Labute approximate surface area is 82.9 Å². The molecule has 3 N–H and O–H groups in total. The van der Waals surface area contributed by atoms with Crippen LogP contribution in [0.4, 0.5) is 0 Å². The fraction of sp³-hybridized carbons (Fsp3) is 0. The second-order valence-corrected chi connectivity index (χ2v) is 0. The third-order valence-electron chi connectivity index (χ3n) is 0. The Kier molecular flexibility index (Phi) is 141. The van der Waals surface area contributed by atoms with Crippen LogP contribution < -0.4 is 6.15 Å². The third-order valence-corrected chi connectivity index (χ3v) is 0. The van der Waals surface area contributed by atoms with E-state index in [1.165, 1.54) is 0 Å². The van der Waals surface area contributed by atoms with Gasteiger partial charge in [-0.05, 0) is 0 Å². The molecule has 1 nitrogen and oxygen atoms in total. The number of hydrogen-bond acceptors (Lipinski definition) is 1. The van der Waals surface area contributed by atoms with Gasteiger partial charge in [-0.2, -0.15) is 0 Å². The molecule has 0 amide bonds. The van der Waals surface area contributed by atoms with Gasteiger partial charge in [-0.25, -0.2) is 0 Å². The Bertz CT molecular complexity index is 8.00. The van der Waals surface area contributed by atoms with E-state index in [2.05, 4.69) is 0 Å². The van der Waals surface area contributed by atoms with Crippen LogP contribution in [-0.2, 0) is 36.5 Å². The van der Waals surface area contributed by atoms with E-state index in [-0.39, 0.29) is 84.4 Å². The average Bonchev–Trinajstić information content (AvgIpc) is 0. The molecule has 0 aliphatic heterocycles. The Morgan fingerprint density at radius 1 is 1.00 bits per heavy atom. The first-order chi connectivity index (χ1) is 0. The van der Waals surface area contributed by atoms with Crippen LogP contribution in [0, 0.1) is 41.7 Å². The van der Waals surface area contributed by atoms with E-state index >= 15 is 0 Å². The van der Waals surface area contributed by atoms with Crippen molar-refractivity contribution in [2.24, 2.45) is 0 Å². The summed E-state index contributed by atoms with van der Waals surface area (Å²) in [7, 11) is 0. The van der Waals surface area contributed by atoms with E-state index in [0.29, 0.717) is 0 Å². The summed E-state index contributed by atoms with van der Waals surface area (Å²) < 4.78 is 0. The normalized spacial score (nSPS) is 0. The molecule has 0 saturated carbocycles. The molecule has 0 fully saturated rings. The maximum absolute atomic E-state index is 0. The molecule has 0 saturated heterocycles. The molecule has 0 aliphatic rings. The molecule has 4 heteroatoms. The van der Waals surface area contributed by atoms with Gasteiger partial charge in [0.15, 0.2) is 0 Å². The van der Waals surface area contributed by atoms with E-state index < -0.39 is 0 Å². The van der Waals surface area contributed by atoms with E-state index in [0.717, 1.165) is 0 Å². The Morgan fingerprint density at radius 2 is 1.00 bits per heavy atom. The second kappa shape index (κ2) is 17.9. The first-order valence-electron chi connectivity index (χ1n) is 0. The van der Waals surface area contributed by atoms with E-state index in [4.69, 9.17) is 0 Å². The molecule has 4 heavy (non-hydrogen) atoms. The van der Waals surface area contributed by atoms with Crippen LogP contribution in [0.5, 0.6) is 0 Å². The molecule has 0 rings (SSSR count). The van der Waals surface area contributed by atoms with Gasteiger partial charge in [0, 0.05) is 78.3 Å². The molecular formula is H3CeCuNZn. The van der Waals surface area contributed by atoms with Crippen LogP contribution in [0.2, 0.25) is 0 Å². The van der Waals surface area contributed by atoms with Crippen LogP contribution in [0.15, 0.2) is 0 Å². The summed E-state index contributed by atoms with van der Waals surface area (Å²) in [6.07, 6.45) is 0. The maximum Gasteiger partial charge on any atom is 0 e. The average molecular weight is 286 g/mol. The summed E-state index contributed by atoms with van der Waals surface area (Å²) in [5, 5.41) is 0. The van der Waals surface area contributed by atoms with Crippen molar-refractivity contribution in [2.75, 3.05) is 0 Å². The van der Waals surface area contributed by atoms with Gasteiger partial charge in [-0.15, -0.1) is 0 Å². The van der Waals surface area contributed by atoms with Crippen molar-refractivity contribution in [3.8, 4) is 0 Å². The first-order valence-corrected chi connectivity index (χ1v) is 0. The minimum atomic E-state index is 0. The van der Waals surface area contributed by atoms with Crippen molar-refractivity contribution in [1.82, 2.24) is 6.15 Å². The van der Waals surface area contributed by atoms with Gasteiger partial charge in [0.1, 0.15) is 0 Å². The molecule has 0 aromatic carbocycles. The summed E-state index contributed by atoms with van der Waals surface area (Å²) in [6, 6.07) is 0. The quantitative estimate of drug-likeness (QED) is 0.632. The number of rotatable bonds is 0. The van der Waals surface area contributed by atoms with Gasteiger partial charge in [-0.1, -0.05) is 0 Å². The van der Waals surface area contributed by atoms with Gasteiger partial charge in [0.05, 0.1) is 0 Å². The molecule has 0 aromatic rings. The molecule has 25 valence electrons. The Balaban J connectivity index is 0.